The predicted octanol–water partition coefficient (Wildman–Crippen LogP) is 2.14. The number of primary amides is 1. The molecule has 8 heteroatoms. The summed E-state index contributed by atoms with van der Waals surface area (Å²) in [4.78, 5) is 18.4. The molecule has 1 unspecified atom stereocenters. The standard InChI is InChI=1S/C23H31N5O3/c1-4-25-23(26-14-16-6-5-7-17(10-16)22(24)29)27-18-8-9-28(15-18)19-11-20(30-2)13-21(12-19)31-3/h5-7,10-13,18H,4,8-9,14-15H2,1-3H3,(H2,24,29)(H2,25,26,27). The van der Waals surface area contributed by atoms with Crippen LogP contribution in [0.3, 0.4) is 0 Å². The van der Waals surface area contributed by atoms with Gasteiger partial charge in [-0.25, -0.2) is 4.99 Å². The van der Waals surface area contributed by atoms with Crippen LogP contribution in [0.1, 0.15) is 29.3 Å². The lowest BCUT2D eigenvalue weighted by molar-refractivity contribution is 0.1000. The highest BCUT2D eigenvalue weighted by Gasteiger charge is 2.24. The summed E-state index contributed by atoms with van der Waals surface area (Å²) in [6.45, 7) is 5.02. The van der Waals surface area contributed by atoms with E-state index in [0.717, 1.165) is 54.8 Å². The van der Waals surface area contributed by atoms with Gasteiger partial charge in [0, 0.05) is 55.1 Å². The fourth-order valence-corrected chi connectivity index (χ4v) is 3.59. The second kappa shape index (κ2) is 10.6. The number of nitrogens with zero attached hydrogens (tertiary/aromatic N) is 2. The molecule has 1 aliphatic rings. The third-order valence-corrected chi connectivity index (χ3v) is 5.21. The number of methoxy groups -OCH3 is 2. The molecular formula is C23H31N5O3. The topological polar surface area (TPSA) is 101 Å². The zero-order valence-electron chi connectivity index (χ0n) is 18.4. The molecule has 1 fully saturated rings. The molecule has 8 nitrogen and oxygen atoms in total. The lowest BCUT2D eigenvalue weighted by Crippen LogP contribution is -2.44. The molecule has 2 aromatic rings. The first-order valence-electron chi connectivity index (χ1n) is 10.4. The first kappa shape index (κ1) is 22.3. The van der Waals surface area contributed by atoms with Crippen molar-refractivity contribution in [1.82, 2.24) is 10.6 Å². The maximum absolute atomic E-state index is 11.4. The van der Waals surface area contributed by atoms with Gasteiger partial charge in [-0.15, -0.1) is 0 Å². The van der Waals surface area contributed by atoms with Crippen LogP contribution in [0.2, 0.25) is 0 Å². The predicted molar refractivity (Wildman–Crippen MR) is 123 cm³/mol. The van der Waals surface area contributed by atoms with Crippen molar-refractivity contribution in [2.75, 3.05) is 38.8 Å². The van der Waals surface area contributed by atoms with E-state index >= 15 is 0 Å². The number of guanidine groups is 1. The fourth-order valence-electron chi connectivity index (χ4n) is 3.59. The van der Waals surface area contributed by atoms with Gasteiger partial charge in [-0.05, 0) is 31.0 Å². The molecule has 31 heavy (non-hydrogen) atoms. The molecule has 3 rings (SSSR count). The molecule has 0 spiro atoms. The van der Waals surface area contributed by atoms with Crippen LogP contribution in [-0.4, -0.2) is 51.8 Å². The molecule has 0 aromatic heterocycles. The van der Waals surface area contributed by atoms with E-state index in [4.69, 9.17) is 15.2 Å². The van der Waals surface area contributed by atoms with Crippen molar-refractivity contribution in [2.24, 2.45) is 10.7 Å². The Morgan fingerprint density at radius 1 is 1.19 bits per heavy atom. The number of carbonyl (C=O) groups is 1. The first-order chi connectivity index (χ1) is 15.0. The van der Waals surface area contributed by atoms with E-state index in [-0.39, 0.29) is 6.04 Å². The van der Waals surface area contributed by atoms with Gasteiger partial charge in [0.05, 0.1) is 20.8 Å². The zero-order valence-corrected chi connectivity index (χ0v) is 18.4. The summed E-state index contributed by atoms with van der Waals surface area (Å²) >= 11 is 0. The van der Waals surface area contributed by atoms with Crippen LogP contribution in [0.4, 0.5) is 5.69 Å². The van der Waals surface area contributed by atoms with Gasteiger partial charge in [0.1, 0.15) is 11.5 Å². The maximum Gasteiger partial charge on any atom is 0.248 e. The number of anilines is 1. The van der Waals surface area contributed by atoms with E-state index in [0.29, 0.717) is 12.1 Å². The number of ether oxygens (including phenoxy) is 2. The SMILES string of the molecule is CCNC(=NCc1cccc(C(N)=O)c1)NC1CCN(c2cc(OC)cc(OC)c2)C1. The highest BCUT2D eigenvalue weighted by atomic mass is 16.5. The lowest BCUT2D eigenvalue weighted by atomic mass is 10.1. The number of benzene rings is 2. The molecule has 4 N–H and O–H groups in total. The Morgan fingerprint density at radius 3 is 2.58 bits per heavy atom. The van der Waals surface area contributed by atoms with Crippen molar-refractivity contribution >= 4 is 17.6 Å². The summed E-state index contributed by atoms with van der Waals surface area (Å²) in [7, 11) is 3.32. The molecule has 1 atom stereocenters. The Bertz CT molecular complexity index is 909. The summed E-state index contributed by atoms with van der Waals surface area (Å²) in [5.41, 5.74) is 7.87. The normalized spacial score (nSPS) is 16.2. The second-order valence-corrected chi connectivity index (χ2v) is 7.41. The number of nitrogens with one attached hydrogen (secondary N) is 2. The molecule has 1 heterocycles. The summed E-state index contributed by atoms with van der Waals surface area (Å²) in [5.74, 6) is 1.87. The van der Waals surface area contributed by atoms with E-state index in [1.807, 2.05) is 37.3 Å². The zero-order chi connectivity index (χ0) is 22.2. The fraction of sp³-hybridized carbons (Fsp3) is 0.391. The third-order valence-electron chi connectivity index (χ3n) is 5.21. The van der Waals surface area contributed by atoms with Gasteiger partial charge >= 0.3 is 0 Å². The van der Waals surface area contributed by atoms with Crippen LogP contribution < -0.4 is 30.7 Å². The molecule has 1 amide bonds. The summed E-state index contributed by atoms with van der Waals surface area (Å²) < 4.78 is 10.8. The van der Waals surface area contributed by atoms with Crippen LogP contribution >= 0.6 is 0 Å². The molecule has 166 valence electrons. The Balaban J connectivity index is 1.65. The highest BCUT2D eigenvalue weighted by Crippen LogP contribution is 2.30. The number of hydrogen-bond acceptors (Lipinski definition) is 5. The molecule has 1 saturated heterocycles. The maximum atomic E-state index is 11.4. The number of nitrogens with two attached hydrogens (primary N) is 1. The smallest absolute Gasteiger partial charge is 0.248 e. The average molecular weight is 426 g/mol. The largest absolute Gasteiger partial charge is 0.497 e. The van der Waals surface area contributed by atoms with Crippen LogP contribution in [0.5, 0.6) is 11.5 Å². The molecule has 2 aromatic carbocycles. The van der Waals surface area contributed by atoms with Gasteiger partial charge in [-0.3, -0.25) is 4.79 Å². The van der Waals surface area contributed by atoms with Crippen LogP contribution in [-0.2, 0) is 6.54 Å². The van der Waals surface area contributed by atoms with Crippen molar-refractivity contribution in [1.29, 1.82) is 0 Å². The summed E-state index contributed by atoms with van der Waals surface area (Å²) in [6.07, 6.45) is 0.987. The molecule has 0 aliphatic carbocycles. The minimum Gasteiger partial charge on any atom is -0.497 e. The number of rotatable bonds is 8. The lowest BCUT2D eigenvalue weighted by Gasteiger charge is -2.21. The molecular weight excluding hydrogens is 394 g/mol. The minimum absolute atomic E-state index is 0.256. The second-order valence-electron chi connectivity index (χ2n) is 7.41. The van der Waals surface area contributed by atoms with Gasteiger partial charge in [0.15, 0.2) is 5.96 Å². The first-order valence-corrected chi connectivity index (χ1v) is 10.4. The average Bonchev–Trinajstić information content (AvgIpc) is 3.26. The summed E-state index contributed by atoms with van der Waals surface area (Å²) in [6, 6.07) is 13.4. The van der Waals surface area contributed by atoms with Crippen molar-refractivity contribution in [3.63, 3.8) is 0 Å². The van der Waals surface area contributed by atoms with Crippen LogP contribution in [0.15, 0.2) is 47.5 Å². The Labute approximate surface area is 183 Å². The Morgan fingerprint density at radius 2 is 1.94 bits per heavy atom. The van der Waals surface area contributed by atoms with Crippen molar-refractivity contribution in [3.8, 4) is 11.5 Å². The number of carbonyl (C=O) groups excluding carboxylic acids is 1. The van der Waals surface area contributed by atoms with E-state index < -0.39 is 5.91 Å². The van der Waals surface area contributed by atoms with E-state index in [1.54, 1.807) is 26.4 Å². The van der Waals surface area contributed by atoms with Crippen molar-refractivity contribution < 1.29 is 14.3 Å². The molecule has 0 radical (unpaired) electrons. The van der Waals surface area contributed by atoms with Gasteiger partial charge < -0.3 is 30.7 Å². The molecule has 0 saturated carbocycles. The monoisotopic (exact) mass is 425 g/mol. The Hall–Kier alpha value is -3.42. The Kier molecular flexibility index (Phi) is 7.59. The number of aliphatic imine (C=N–C) groups is 1. The van der Waals surface area contributed by atoms with Gasteiger partial charge in [-0.1, -0.05) is 12.1 Å². The number of hydrogen-bond donors (Lipinski definition) is 3. The van der Waals surface area contributed by atoms with Crippen LogP contribution in [0.25, 0.3) is 0 Å². The van der Waals surface area contributed by atoms with Crippen LogP contribution in [0, 0.1) is 0 Å². The summed E-state index contributed by atoms with van der Waals surface area (Å²) in [5, 5.41) is 6.82. The van der Waals surface area contributed by atoms with E-state index in [2.05, 4.69) is 20.5 Å². The molecule has 1 aliphatic heterocycles. The van der Waals surface area contributed by atoms with Crippen molar-refractivity contribution in [2.45, 2.75) is 25.9 Å². The van der Waals surface area contributed by atoms with Gasteiger partial charge in [-0.2, -0.15) is 0 Å². The quantitative estimate of drug-likeness (QED) is 0.443. The van der Waals surface area contributed by atoms with Gasteiger partial charge in [0.2, 0.25) is 5.91 Å². The van der Waals surface area contributed by atoms with E-state index in [1.165, 1.54) is 0 Å². The molecule has 0 bridgehead atoms. The van der Waals surface area contributed by atoms with Crippen molar-refractivity contribution in [3.05, 3.63) is 53.6 Å². The minimum atomic E-state index is -0.434. The van der Waals surface area contributed by atoms with Gasteiger partial charge in [0.25, 0.3) is 0 Å². The number of amides is 1. The third kappa shape index (κ3) is 6.04. The van der Waals surface area contributed by atoms with E-state index in [9.17, 15) is 4.79 Å². The highest BCUT2D eigenvalue weighted by molar-refractivity contribution is 5.92.